The molecule has 0 spiro atoms. The van der Waals surface area contributed by atoms with Crippen LogP contribution in [0.15, 0.2) is 65.6 Å². The number of pyridine rings is 1. The minimum absolute atomic E-state index is 0.0730. The minimum Gasteiger partial charge on any atom is -0.465 e. The van der Waals surface area contributed by atoms with E-state index in [0.717, 1.165) is 36.7 Å². The summed E-state index contributed by atoms with van der Waals surface area (Å²) in [6.45, 7) is 4.07. The Balaban J connectivity index is 1.66. The summed E-state index contributed by atoms with van der Waals surface area (Å²) < 4.78 is 39.0. The van der Waals surface area contributed by atoms with Crippen LogP contribution in [0.25, 0.3) is 11.3 Å². The number of hydrogen-bond donors (Lipinski definition) is 1. The molecule has 0 aliphatic rings. The summed E-state index contributed by atoms with van der Waals surface area (Å²) in [6.07, 6.45) is 0.809. The van der Waals surface area contributed by atoms with E-state index in [0.29, 0.717) is 11.4 Å². The van der Waals surface area contributed by atoms with Crippen molar-refractivity contribution in [3.05, 3.63) is 105 Å². The van der Waals surface area contributed by atoms with Crippen LogP contribution in [0, 0.1) is 11.6 Å². The Morgan fingerprint density at radius 1 is 1.00 bits per heavy atom. The highest BCUT2D eigenvalue weighted by atomic mass is 19.1. The summed E-state index contributed by atoms with van der Waals surface area (Å²) in [6, 6.07) is 14.1. The number of H-pyrrole nitrogens is 1. The molecular formula is C27H23F2N3O4. The molecule has 0 radical (unpaired) electrons. The van der Waals surface area contributed by atoms with Gasteiger partial charge in [-0.05, 0) is 60.5 Å². The van der Waals surface area contributed by atoms with Gasteiger partial charge in [0.25, 0.3) is 5.56 Å². The van der Waals surface area contributed by atoms with Gasteiger partial charge in [0.15, 0.2) is 0 Å². The predicted molar refractivity (Wildman–Crippen MR) is 129 cm³/mol. The number of nitrogens with one attached hydrogen (secondary N) is 1. The maximum atomic E-state index is 14.7. The Kier molecular flexibility index (Phi) is 7.19. The number of benzene rings is 2. The molecule has 4 aromatic rings. The Labute approximate surface area is 205 Å². The molecule has 4 rings (SSSR count). The molecule has 0 saturated heterocycles. The highest BCUT2D eigenvalue weighted by Gasteiger charge is 2.19. The second kappa shape index (κ2) is 10.5. The Hall–Kier alpha value is -4.40. The first-order valence-corrected chi connectivity index (χ1v) is 11.1. The van der Waals surface area contributed by atoms with Gasteiger partial charge in [-0.1, -0.05) is 13.8 Å². The smallest absolute Gasteiger partial charge is 0.340 e. The van der Waals surface area contributed by atoms with Gasteiger partial charge in [-0.3, -0.25) is 4.79 Å². The molecule has 36 heavy (non-hydrogen) atoms. The first-order chi connectivity index (χ1) is 17.2. The van der Waals surface area contributed by atoms with Crippen molar-refractivity contribution in [1.29, 1.82) is 0 Å². The van der Waals surface area contributed by atoms with Crippen molar-refractivity contribution in [2.24, 2.45) is 0 Å². The van der Waals surface area contributed by atoms with E-state index in [4.69, 9.17) is 4.74 Å². The van der Waals surface area contributed by atoms with Crippen LogP contribution in [-0.4, -0.2) is 28.3 Å². The van der Waals surface area contributed by atoms with Crippen LogP contribution in [0.2, 0.25) is 0 Å². The number of aromatic amines is 1. The molecule has 0 fully saturated rings. The number of ether oxygens (including phenoxy) is 2. The van der Waals surface area contributed by atoms with Crippen LogP contribution >= 0.6 is 0 Å². The molecule has 0 atom stereocenters. The van der Waals surface area contributed by atoms with Gasteiger partial charge in [0.1, 0.15) is 23.1 Å². The molecule has 2 heterocycles. The van der Waals surface area contributed by atoms with Gasteiger partial charge < -0.3 is 14.5 Å². The van der Waals surface area contributed by atoms with Gasteiger partial charge >= 0.3 is 5.97 Å². The number of carbonyl (C=O) groups is 1. The zero-order valence-electron chi connectivity index (χ0n) is 19.8. The lowest BCUT2D eigenvalue weighted by Gasteiger charge is -2.14. The number of halogens is 2. The molecule has 0 unspecified atom stereocenters. The molecule has 0 aliphatic heterocycles. The molecule has 0 saturated carbocycles. The molecule has 0 bridgehead atoms. The fraction of sp³-hybridized carbons (Fsp3) is 0.185. The molecule has 9 heteroatoms. The molecule has 184 valence electrons. The lowest BCUT2D eigenvalue weighted by atomic mass is 10.0. The van der Waals surface area contributed by atoms with E-state index in [1.54, 1.807) is 24.3 Å². The number of esters is 1. The van der Waals surface area contributed by atoms with Crippen LogP contribution in [-0.2, 0) is 11.2 Å². The van der Waals surface area contributed by atoms with Gasteiger partial charge in [-0.2, -0.15) is 10.2 Å². The number of carbonyl (C=O) groups excluding carboxylic acids is 1. The third kappa shape index (κ3) is 5.46. The highest BCUT2D eigenvalue weighted by molar-refractivity contribution is 5.90. The van der Waals surface area contributed by atoms with E-state index in [2.05, 4.69) is 19.9 Å². The first-order valence-electron chi connectivity index (χ1n) is 11.1. The van der Waals surface area contributed by atoms with Gasteiger partial charge in [-0.15, -0.1) is 0 Å². The van der Waals surface area contributed by atoms with Crippen molar-refractivity contribution >= 4 is 5.97 Å². The van der Waals surface area contributed by atoms with Crippen molar-refractivity contribution in [1.82, 2.24) is 15.2 Å². The third-order valence-corrected chi connectivity index (χ3v) is 5.54. The average molecular weight is 491 g/mol. The average Bonchev–Trinajstić information content (AvgIpc) is 2.87. The van der Waals surface area contributed by atoms with Gasteiger partial charge in [0, 0.05) is 29.3 Å². The van der Waals surface area contributed by atoms with Crippen LogP contribution < -0.4 is 10.3 Å². The van der Waals surface area contributed by atoms with Crippen LogP contribution in [0.4, 0.5) is 8.78 Å². The number of methoxy groups -OCH3 is 1. The van der Waals surface area contributed by atoms with Gasteiger partial charge in [0.05, 0.1) is 24.1 Å². The fourth-order valence-electron chi connectivity index (χ4n) is 3.56. The number of aromatic nitrogens is 3. The van der Waals surface area contributed by atoms with Crippen molar-refractivity contribution in [2.45, 2.75) is 26.2 Å². The van der Waals surface area contributed by atoms with E-state index in [-0.39, 0.29) is 34.8 Å². The number of rotatable bonds is 7. The lowest BCUT2D eigenvalue weighted by molar-refractivity contribution is 0.0595. The second-order valence-electron chi connectivity index (χ2n) is 8.40. The monoisotopic (exact) mass is 491 g/mol. The maximum absolute atomic E-state index is 14.7. The SMILES string of the molecule is COC(=O)c1cc(Oc2ccc(-c3ccc(C(C)C)nn3)cc2)c(Cc2cc(F)c[nH]c2=O)cc1F. The van der Waals surface area contributed by atoms with Crippen LogP contribution in [0.3, 0.4) is 0 Å². The molecule has 1 N–H and O–H groups in total. The van der Waals surface area contributed by atoms with E-state index in [1.165, 1.54) is 6.07 Å². The first kappa shape index (κ1) is 24.7. The van der Waals surface area contributed by atoms with Gasteiger partial charge in [0.2, 0.25) is 0 Å². The van der Waals surface area contributed by atoms with E-state index < -0.39 is 23.2 Å². The Morgan fingerprint density at radius 3 is 2.39 bits per heavy atom. The molecular weight excluding hydrogens is 468 g/mol. The highest BCUT2D eigenvalue weighted by Crippen LogP contribution is 2.31. The minimum atomic E-state index is -0.883. The number of nitrogens with zero attached hydrogens (tertiary/aromatic N) is 2. The Bertz CT molecular complexity index is 1450. The topological polar surface area (TPSA) is 94.2 Å². The van der Waals surface area contributed by atoms with E-state index in [9.17, 15) is 18.4 Å². The summed E-state index contributed by atoms with van der Waals surface area (Å²) in [5, 5.41) is 8.50. The Morgan fingerprint density at radius 2 is 1.75 bits per heavy atom. The molecule has 2 aromatic carbocycles. The maximum Gasteiger partial charge on any atom is 0.340 e. The second-order valence-corrected chi connectivity index (χ2v) is 8.40. The van der Waals surface area contributed by atoms with Crippen LogP contribution in [0.5, 0.6) is 11.5 Å². The van der Waals surface area contributed by atoms with Crippen molar-refractivity contribution in [2.75, 3.05) is 7.11 Å². The summed E-state index contributed by atoms with van der Waals surface area (Å²) >= 11 is 0. The predicted octanol–water partition coefficient (Wildman–Crippen LogP) is 5.40. The summed E-state index contributed by atoms with van der Waals surface area (Å²) in [7, 11) is 1.14. The van der Waals surface area contributed by atoms with Crippen molar-refractivity contribution < 1.29 is 23.0 Å². The standard InChI is InChI=1S/C27H23F2N3O4/c1-15(2)23-8-9-24(32-31-23)16-4-6-20(7-5-16)36-25-13-21(27(34)35-3)22(29)12-17(25)10-18-11-19(28)14-30-26(18)33/h4-9,11-15H,10H2,1-3H3,(H,30,33). The van der Waals surface area contributed by atoms with Crippen molar-refractivity contribution in [3.8, 4) is 22.8 Å². The van der Waals surface area contributed by atoms with E-state index >= 15 is 0 Å². The summed E-state index contributed by atoms with van der Waals surface area (Å²) in [5.74, 6) is -1.59. The molecule has 0 aliphatic carbocycles. The van der Waals surface area contributed by atoms with Gasteiger partial charge in [-0.25, -0.2) is 13.6 Å². The third-order valence-electron chi connectivity index (χ3n) is 5.54. The van der Waals surface area contributed by atoms with E-state index in [1.807, 2.05) is 26.0 Å². The lowest BCUT2D eigenvalue weighted by Crippen LogP contribution is -2.14. The fourth-order valence-corrected chi connectivity index (χ4v) is 3.56. The normalized spacial score (nSPS) is 10.9. The molecule has 0 amide bonds. The summed E-state index contributed by atoms with van der Waals surface area (Å²) in [4.78, 5) is 26.5. The number of hydrogen-bond acceptors (Lipinski definition) is 6. The zero-order valence-corrected chi connectivity index (χ0v) is 19.8. The largest absolute Gasteiger partial charge is 0.465 e. The molecule has 2 aromatic heterocycles. The van der Waals surface area contributed by atoms with Crippen molar-refractivity contribution in [3.63, 3.8) is 0 Å². The zero-order chi connectivity index (χ0) is 25.8. The quantitative estimate of drug-likeness (QED) is 0.348. The van der Waals surface area contributed by atoms with Crippen LogP contribution in [0.1, 0.15) is 46.9 Å². The molecule has 7 nitrogen and oxygen atoms in total. The summed E-state index contributed by atoms with van der Waals surface area (Å²) in [5.41, 5.74) is 1.86.